The number of carbonyl (C=O) groups is 1. The maximum absolute atomic E-state index is 12.8. The van der Waals surface area contributed by atoms with Crippen molar-refractivity contribution in [1.29, 1.82) is 0 Å². The minimum Gasteiger partial charge on any atom is -0.496 e. The highest BCUT2D eigenvalue weighted by Crippen LogP contribution is 2.35. The molecule has 4 rings (SSSR count). The zero-order chi connectivity index (χ0) is 23.5. The summed E-state index contributed by atoms with van der Waals surface area (Å²) in [6, 6.07) is 15.5. The molecule has 0 unspecified atom stereocenters. The minimum atomic E-state index is -0.470. The van der Waals surface area contributed by atoms with Gasteiger partial charge in [0.2, 0.25) is 5.89 Å². The van der Waals surface area contributed by atoms with Gasteiger partial charge in [-0.1, -0.05) is 35.3 Å². The van der Waals surface area contributed by atoms with Crippen LogP contribution in [-0.2, 0) is 0 Å². The Morgan fingerprint density at radius 3 is 2.42 bits per heavy atom. The first-order valence-electron chi connectivity index (χ1n) is 9.59. The van der Waals surface area contributed by atoms with E-state index in [4.69, 9.17) is 49.3 Å². The molecule has 0 saturated carbocycles. The first-order valence-corrected chi connectivity index (χ1v) is 10.8. The molecule has 7 nitrogen and oxygen atoms in total. The molecule has 1 amide bonds. The van der Waals surface area contributed by atoms with E-state index in [1.807, 2.05) is 0 Å². The number of amides is 1. The molecule has 33 heavy (non-hydrogen) atoms. The number of hydrogen-bond acceptors (Lipinski definition) is 6. The monoisotopic (exact) mass is 501 g/mol. The second kappa shape index (κ2) is 9.66. The van der Waals surface area contributed by atoms with Crippen molar-refractivity contribution in [2.24, 2.45) is 0 Å². The van der Waals surface area contributed by atoms with Crippen LogP contribution in [0.5, 0.6) is 11.5 Å². The fourth-order valence-corrected chi connectivity index (χ4v) is 3.78. The number of hydrogen-bond donors (Lipinski definition) is 2. The van der Waals surface area contributed by atoms with Gasteiger partial charge in [0.15, 0.2) is 10.7 Å². The molecule has 4 aromatic rings. The van der Waals surface area contributed by atoms with E-state index in [0.29, 0.717) is 49.8 Å². The molecule has 0 radical (unpaired) electrons. The lowest BCUT2D eigenvalue weighted by Crippen LogP contribution is -2.34. The highest BCUT2D eigenvalue weighted by atomic mass is 35.5. The number of nitrogens with one attached hydrogen (secondary N) is 2. The van der Waals surface area contributed by atoms with E-state index in [0.717, 1.165) is 0 Å². The minimum absolute atomic E-state index is 0.0916. The molecule has 0 aliphatic heterocycles. The molecule has 1 aromatic heterocycles. The largest absolute Gasteiger partial charge is 0.496 e. The van der Waals surface area contributed by atoms with Crippen LogP contribution < -0.4 is 20.1 Å². The van der Waals surface area contributed by atoms with Gasteiger partial charge in [0.1, 0.15) is 22.6 Å². The average Bonchev–Trinajstić information content (AvgIpc) is 3.23. The molecule has 1 heterocycles. The van der Waals surface area contributed by atoms with Crippen LogP contribution in [0.1, 0.15) is 10.4 Å². The van der Waals surface area contributed by atoms with Crippen LogP contribution in [0.15, 0.2) is 59.0 Å². The molecule has 0 spiro atoms. The number of rotatable bonds is 5. The number of aromatic nitrogens is 1. The van der Waals surface area contributed by atoms with Gasteiger partial charge in [0, 0.05) is 5.69 Å². The predicted molar refractivity (Wildman–Crippen MR) is 133 cm³/mol. The van der Waals surface area contributed by atoms with Gasteiger partial charge < -0.3 is 19.2 Å². The number of thiocarbonyl (C=S) groups is 1. The summed E-state index contributed by atoms with van der Waals surface area (Å²) in [5, 5.41) is 6.46. The summed E-state index contributed by atoms with van der Waals surface area (Å²) in [6.07, 6.45) is 0. The molecule has 168 valence electrons. The van der Waals surface area contributed by atoms with Crippen molar-refractivity contribution >= 4 is 63.2 Å². The Balaban J connectivity index is 1.53. The van der Waals surface area contributed by atoms with E-state index in [2.05, 4.69) is 15.6 Å². The quantitative estimate of drug-likeness (QED) is 0.327. The van der Waals surface area contributed by atoms with Crippen molar-refractivity contribution in [2.45, 2.75) is 0 Å². The third kappa shape index (κ3) is 4.73. The predicted octanol–water partition coefficient (Wildman–Crippen LogP) is 5.95. The summed E-state index contributed by atoms with van der Waals surface area (Å²) in [5.41, 5.74) is 2.56. The fraction of sp³-hybridized carbons (Fsp3) is 0.0870. The number of fused-ring (bicyclic) bond motifs is 1. The van der Waals surface area contributed by atoms with Crippen LogP contribution in [0.3, 0.4) is 0 Å². The van der Waals surface area contributed by atoms with Crippen molar-refractivity contribution in [2.75, 3.05) is 19.5 Å². The summed E-state index contributed by atoms with van der Waals surface area (Å²) in [4.78, 5) is 17.3. The number of ether oxygens (including phenoxy) is 2. The summed E-state index contributed by atoms with van der Waals surface area (Å²) < 4.78 is 16.4. The first-order chi connectivity index (χ1) is 15.9. The molecular formula is C23H17Cl2N3O4S. The van der Waals surface area contributed by atoms with E-state index < -0.39 is 5.91 Å². The molecule has 2 N–H and O–H groups in total. The smallest absolute Gasteiger partial charge is 0.264 e. The highest BCUT2D eigenvalue weighted by Gasteiger charge is 2.19. The lowest BCUT2D eigenvalue weighted by atomic mass is 10.1. The van der Waals surface area contributed by atoms with Gasteiger partial charge in [0.25, 0.3) is 5.91 Å². The van der Waals surface area contributed by atoms with Gasteiger partial charge in [-0.05, 0) is 54.7 Å². The number of halogens is 2. The number of nitrogens with zero attached hydrogens (tertiary/aromatic N) is 1. The Bertz CT molecular complexity index is 1350. The van der Waals surface area contributed by atoms with Crippen molar-refractivity contribution < 1.29 is 18.7 Å². The Kier molecular flexibility index (Phi) is 6.69. The number of methoxy groups -OCH3 is 2. The normalized spacial score (nSPS) is 10.7. The van der Waals surface area contributed by atoms with E-state index >= 15 is 0 Å². The molecular weight excluding hydrogens is 485 g/mol. The SMILES string of the molecule is COc1cccc(OC)c1C(=O)NC(=S)Nc1ccc2oc(-c3cccc(Cl)c3Cl)nc2c1. The van der Waals surface area contributed by atoms with Gasteiger partial charge in [0.05, 0.1) is 29.8 Å². The van der Waals surface area contributed by atoms with Crippen LogP contribution in [0.2, 0.25) is 10.0 Å². The molecule has 3 aromatic carbocycles. The Labute approximate surface area is 204 Å². The number of oxazole rings is 1. The highest BCUT2D eigenvalue weighted by molar-refractivity contribution is 7.80. The van der Waals surface area contributed by atoms with Crippen LogP contribution in [-0.4, -0.2) is 30.2 Å². The number of benzene rings is 3. The summed E-state index contributed by atoms with van der Waals surface area (Å²) in [5.74, 6) is 0.604. The Morgan fingerprint density at radius 1 is 1.03 bits per heavy atom. The Hall–Kier alpha value is -3.33. The molecule has 0 aliphatic carbocycles. The van der Waals surface area contributed by atoms with E-state index in [1.165, 1.54) is 14.2 Å². The van der Waals surface area contributed by atoms with E-state index in [-0.39, 0.29) is 10.7 Å². The third-order valence-electron chi connectivity index (χ3n) is 4.71. The van der Waals surface area contributed by atoms with Crippen molar-refractivity contribution in [3.63, 3.8) is 0 Å². The van der Waals surface area contributed by atoms with Gasteiger partial charge in [-0.2, -0.15) is 0 Å². The molecule has 0 aliphatic rings. The van der Waals surface area contributed by atoms with E-state index in [9.17, 15) is 4.79 Å². The third-order valence-corrected chi connectivity index (χ3v) is 5.73. The second-order valence-electron chi connectivity index (χ2n) is 6.75. The zero-order valence-electron chi connectivity index (χ0n) is 17.4. The lowest BCUT2D eigenvalue weighted by Gasteiger charge is -2.14. The average molecular weight is 502 g/mol. The summed E-state index contributed by atoms with van der Waals surface area (Å²) in [6.45, 7) is 0. The van der Waals surface area contributed by atoms with Gasteiger partial charge in [-0.25, -0.2) is 4.98 Å². The summed E-state index contributed by atoms with van der Waals surface area (Å²) in [7, 11) is 2.94. The van der Waals surface area contributed by atoms with Gasteiger partial charge in [-0.3, -0.25) is 10.1 Å². The van der Waals surface area contributed by atoms with Gasteiger partial charge >= 0.3 is 0 Å². The number of anilines is 1. The lowest BCUT2D eigenvalue weighted by molar-refractivity contribution is 0.0971. The zero-order valence-corrected chi connectivity index (χ0v) is 19.8. The maximum Gasteiger partial charge on any atom is 0.264 e. The van der Waals surface area contributed by atoms with E-state index in [1.54, 1.807) is 54.6 Å². The van der Waals surface area contributed by atoms with Crippen LogP contribution in [0.4, 0.5) is 5.69 Å². The molecule has 0 saturated heterocycles. The van der Waals surface area contributed by atoms with Crippen LogP contribution in [0.25, 0.3) is 22.6 Å². The van der Waals surface area contributed by atoms with Crippen molar-refractivity contribution in [3.05, 3.63) is 70.2 Å². The van der Waals surface area contributed by atoms with Gasteiger partial charge in [-0.15, -0.1) is 0 Å². The topological polar surface area (TPSA) is 85.6 Å². The summed E-state index contributed by atoms with van der Waals surface area (Å²) >= 11 is 17.7. The molecule has 0 bridgehead atoms. The van der Waals surface area contributed by atoms with Crippen LogP contribution >= 0.6 is 35.4 Å². The fourth-order valence-electron chi connectivity index (χ4n) is 3.19. The molecule has 0 atom stereocenters. The first kappa shape index (κ1) is 22.8. The van der Waals surface area contributed by atoms with Crippen LogP contribution in [0, 0.1) is 0 Å². The molecule has 0 fully saturated rings. The Morgan fingerprint density at radius 2 is 1.73 bits per heavy atom. The van der Waals surface area contributed by atoms with Crippen molar-refractivity contribution in [3.8, 4) is 23.0 Å². The number of carbonyl (C=O) groups excluding carboxylic acids is 1. The standard InChI is InChI=1S/C23H17Cl2N3O4S/c1-30-17-7-4-8-18(31-2)19(17)21(29)28-23(33)26-12-9-10-16-15(11-12)27-22(32-16)13-5-3-6-14(24)20(13)25/h3-11H,1-2H3,(H2,26,28,29,33). The maximum atomic E-state index is 12.8. The molecule has 10 heteroatoms. The second-order valence-corrected chi connectivity index (χ2v) is 7.94. The van der Waals surface area contributed by atoms with Crippen molar-refractivity contribution in [1.82, 2.24) is 10.3 Å².